The number of nitro benzene ring substituents is 1. The molecule has 0 amide bonds. The number of aliphatic hydroxyl groups is 2. The van der Waals surface area contributed by atoms with E-state index in [0.29, 0.717) is 18.2 Å². The first kappa shape index (κ1) is 16.9. The molecule has 2 unspecified atom stereocenters. The molecule has 0 bridgehead atoms. The number of rotatable bonds is 5. The standard InChI is InChI=1S/C11H10F3NO6/c12-11(13,14)7-2-1-5(15(20)21)3-6(7)10(19)8(16)4-9(17)18/h1-3,8,10,16,19H,4H2,(H,17,18). The quantitative estimate of drug-likeness (QED) is 0.559. The molecule has 0 aliphatic carbocycles. The molecule has 0 heterocycles. The van der Waals surface area contributed by atoms with E-state index in [2.05, 4.69) is 0 Å². The van der Waals surface area contributed by atoms with Gasteiger partial charge in [0.05, 0.1) is 23.0 Å². The van der Waals surface area contributed by atoms with Gasteiger partial charge >= 0.3 is 12.1 Å². The molecule has 21 heavy (non-hydrogen) atoms. The summed E-state index contributed by atoms with van der Waals surface area (Å²) < 4.78 is 38.4. The lowest BCUT2D eigenvalue weighted by atomic mass is 9.96. The topological polar surface area (TPSA) is 121 Å². The van der Waals surface area contributed by atoms with Crippen molar-refractivity contribution in [3.05, 3.63) is 39.4 Å². The summed E-state index contributed by atoms with van der Waals surface area (Å²) in [4.78, 5) is 20.0. The molecule has 7 nitrogen and oxygen atoms in total. The molecule has 0 fully saturated rings. The number of non-ortho nitro benzene ring substituents is 1. The summed E-state index contributed by atoms with van der Waals surface area (Å²) in [5.74, 6) is -1.54. The van der Waals surface area contributed by atoms with Gasteiger partial charge in [0, 0.05) is 17.7 Å². The van der Waals surface area contributed by atoms with Crippen LogP contribution < -0.4 is 0 Å². The van der Waals surface area contributed by atoms with Crippen LogP contribution in [0.25, 0.3) is 0 Å². The molecule has 0 aliphatic rings. The summed E-state index contributed by atoms with van der Waals surface area (Å²) in [6.07, 6.45) is -10.2. The van der Waals surface area contributed by atoms with Gasteiger partial charge in [-0.1, -0.05) is 0 Å². The van der Waals surface area contributed by atoms with Crippen molar-refractivity contribution in [2.24, 2.45) is 0 Å². The number of carbonyl (C=O) groups is 1. The smallest absolute Gasteiger partial charge is 0.416 e. The van der Waals surface area contributed by atoms with E-state index in [1.807, 2.05) is 0 Å². The van der Waals surface area contributed by atoms with Crippen LogP contribution in [0.5, 0.6) is 0 Å². The maximum Gasteiger partial charge on any atom is 0.416 e. The molecular weight excluding hydrogens is 299 g/mol. The summed E-state index contributed by atoms with van der Waals surface area (Å²) in [6.45, 7) is 0. The molecule has 0 aromatic heterocycles. The fourth-order valence-corrected chi connectivity index (χ4v) is 1.66. The molecule has 0 spiro atoms. The normalized spacial score (nSPS) is 14.5. The predicted molar refractivity (Wildman–Crippen MR) is 61.3 cm³/mol. The number of nitro groups is 1. The van der Waals surface area contributed by atoms with Crippen molar-refractivity contribution in [3.63, 3.8) is 0 Å². The number of aliphatic hydroxyl groups excluding tert-OH is 2. The summed E-state index contributed by atoms with van der Waals surface area (Å²) in [6, 6.07) is 1.45. The number of hydrogen-bond acceptors (Lipinski definition) is 5. The molecule has 0 saturated carbocycles. The van der Waals surface area contributed by atoms with E-state index in [-0.39, 0.29) is 0 Å². The van der Waals surface area contributed by atoms with Crippen LogP contribution >= 0.6 is 0 Å². The van der Waals surface area contributed by atoms with E-state index >= 15 is 0 Å². The van der Waals surface area contributed by atoms with Gasteiger partial charge in [-0.25, -0.2) is 0 Å². The van der Waals surface area contributed by atoms with E-state index in [0.717, 1.165) is 0 Å². The van der Waals surface area contributed by atoms with Crippen molar-refractivity contribution in [1.29, 1.82) is 0 Å². The summed E-state index contributed by atoms with van der Waals surface area (Å²) in [7, 11) is 0. The first-order valence-corrected chi connectivity index (χ1v) is 5.47. The Morgan fingerprint density at radius 1 is 1.33 bits per heavy atom. The third-order valence-corrected chi connectivity index (χ3v) is 2.62. The number of carboxylic acid groups (broad SMARTS) is 1. The van der Waals surface area contributed by atoms with E-state index in [1.54, 1.807) is 0 Å². The molecule has 116 valence electrons. The highest BCUT2D eigenvalue weighted by Crippen LogP contribution is 2.37. The summed E-state index contributed by atoms with van der Waals surface area (Å²) in [5.41, 5.74) is -3.06. The van der Waals surface area contributed by atoms with Crippen molar-refractivity contribution < 1.29 is 38.2 Å². The Balaban J connectivity index is 3.32. The third kappa shape index (κ3) is 4.13. The van der Waals surface area contributed by atoms with Gasteiger partial charge in [0.2, 0.25) is 0 Å². The Hall–Kier alpha value is -2.20. The molecule has 2 atom stereocenters. The zero-order valence-electron chi connectivity index (χ0n) is 10.2. The minimum Gasteiger partial charge on any atom is -0.481 e. The highest BCUT2D eigenvalue weighted by Gasteiger charge is 2.37. The lowest BCUT2D eigenvalue weighted by Crippen LogP contribution is -2.24. The minimum absolute atomic E-state index is 0.393. The molecule has 0 aliphatic heterocycles. The van der Waals surface area contributed by atoms with Gasteiger partial charge in [0.1, 0.15) is 6.10 Å². The summed E-state index contributed by atoms with van der Waals surface area (Å²) >= 11 is 0. The van der Waals surface area contributed by atoms with Crippen LogP contribution in [0.1, 0.15) is 23.7 Å². The van der Waals surface area contributed by atoms with E-state index in [1.165, 1.54) is 0 Å². The minimum atomic E-state index is -4.92. The fourth-order valence-electron chi connectivity index (χ4n) is 1.66. The second-order valence-corrected chi connectivity index (χ2v) is 4.14. The Bertz CT molecular complexity index is 559. The first-order chi connectivity index (χ1) is 9.54. The lowest BCUT2D eigenvalue weighted by Gasteiger charge is -2.20. The molecule has 10 heteroatoms. The largest absolute Gasteiger partial charge is 0.481 e. The van der Waals surface area contributed by atoms with Gasteiger partial charge in [-0.05, 0) is 6.07 Å². The zero-order valence-corrected chi connectivity index (χ0v) is 10.2. The molecule has 1 aromatic rings. The summed E-state index contributed by atoms with van der Waals surface area (Å²) in [5, 5.41) is 38.1. The van der Waals surface area contributed by atoms with E-state index in [9.17, 15) is 38.3 Å². The van der Waals surface area contributed by atoms with Crippen molar-refractivity contribution in [1.82, 2.24) is 0 Å². The third-order valence-electron chi connectivity index (χ3n) is 2.62. The Morgan fingerprint density at radius 2 is 1.90 bits per heavy atom. The maximum atomic E-state index is 12.8. The monoisotopic (exact) mass is 309 g/mol. The molecule has 1 aromatic carbocycles. The second kappa shape index (κ2) is 6.06. The van der Waals surface area contributed by atoms with Gasteiger partial charge in [0.15, 0.2) is 0 Å². The number of benzene rings is 1. The van der Waals surface area contributed by atoms with Crippen LogP contribution in [0.3, 0.4) is 0 Å². The van der Waals surface area contributed by atoms with E-state index in [4.69, 9.17) is 5.11 Å². The molecular formula is C11H10F3NO6. The van der Waals surface area contributed by atoms with Gasteiger partial charge in [-0.2, -0.15) is 13.2 Å². The number of hydrogen-bond donors (Lipinski definition) is 3. The average Bonchev–Trinajstić information content (AvgIpc) is 2.35. The molecule has 1 rings (SSSR count). The number of nitrogens with zero attached hydrogens (tertiary/aromatic N) is 1. The Morgan fingerprint density at radius 3 is 2.33 bits per heavy atom. The zero-order chi connectivity index (χ0) is 16.4. The van der Waals surface area contributed by atoms with Crippen LogP contribution in [-0.2, 0) is 11.0 Å². The number of aliphatic carboxylic acids is 1. The predicted octanol–water partition coefficient (Wildman–Crippen LogP) is 1.48. The van der Waals surface area contributed by atoms with Gasteiger partial charge < -0.3 is 15.3 Å². The highest BCUT2D eigenvalue weighted by molar-refractivity contribution is 5.67. The van der Waals surface area contributed by atoms with Crippen LogP contribution in [0, 0.1) is 10.1 Å². The molecule has 3 N–H and O–H groups in total. The van der Waals surface area contributed by atoms with Crippen molar-refractivity contribution in [2.45, 2.75) is 24.8 Å². The van der Waals surface area contributed by atoms with Crippen LogP contribution in [-0.4, -0.2) is 32.3 Å². The van der Waals surface area contributed by atoms with Crippen LogP contribution in [0.2, 0.25) is 0 Å². The molecule has 0 saturated heterocycles. The van der Waals surface area contributed by atoms with Gasteiger partial charge in [0.25, 0.3) is 5.69 Å². The Kier molecular flexibility index (Phi) is 4.86. The molecule has 0 radical (unpaired) electrons. The SMILES string of the molecule is O=C(O)CC(O)C(O)c1cc([N+](=O)[O-])ccc1C(F)(F)F. The van der Waals surface area contributed by atoms with Gasteiger partial charge in [-0.15, -0.1) is 0 Å². The number of carboxylic acids is 1. The first-order valence-electron chi connectivity index (χ1n) is 5.47. The second-order valence-electron chi connectivity index (χ2n) is 4.14. The Labute approximate surface area is 115 Å². The number of halogens is 3. The highest BCUT2D eigenvalue weighted by atomic mass is 19.4. The average molecular weight is 309 g/mol. The van der Waals surface area contributed by atoms with Crippen molar-refractivity contribution >= 4 is 11.7 Å². The van der Waals surface area contributed by atoms with Crippen LogP contribution in [0.4, 0.5) is 18.9 Å². The maximum absolute atomic E-state index is 12.8. The lowest BCUT2D eigenvalue weighted by molar-refractivity contribution is -0.385. The van der Waals surface area contributed by atoms with Crippen LogP contribution in [0.15, 0.2) is 18.2 Å². The fraction of sp³-hybridized carbons (Fsp3) is 0.364. The van der Waals surface area contributed by atoms with E-state index < -0.39 is 52.5 Å². The van der Waals surface area contributed by atoms with Crippen molar-refractivity contribution in [2.75, 3.05) is 0 Å². The number of alkyl halides is 3. The van der Waals surface area contributed by atoms with Gasteiger partial charge in [-0.3, -0.25) is 14.9 Å². The van der Waals surface area contributed by atoms with Crippen molar-refractivity contribution in [3.8, 4) is 0 Å².